The van der Waals surface area contributed by atoms with Crippen LogP contribution >= 0.6 is 0 Å². The quantitative estimate of drug-likeness (QED) is 0.689. The van der Waals surface area contributed by atoms with Crippen molar-refractivity contribution in [2.45, 2.75) is 72.6 Å². The van der Waals surface area contributed by atoms with Crippen LogP contribution in [-0.2, 0) is 0 Å². The van der Waals surface area contributed by atoms with Gasteiger partial charge >= 0.3 is 0 Å². The Morgan fingerprint density at radius 1 is 0.562 bits per heavy atom. The maximum Gasteiger partial charge on any atom is 0.0107 e. The van der Waals surface area contributed by atoms with Crippen LogP contribution in [0.15, 0.2) is 0 Å². The van der Waals surface area contributed by atoms with Crippen molar-refractivity contribution >= 4 is 0 Å². The molecule has 0 aliphatic heterocycles. The van der Waals surface area contributed by atoms with Gasteiger partial charge in [-0.25, -0.2) is 0 Å². The highest BCUT2D eigenvalue weighted by Gasteiger charge is 2.26. The van der Waals surface area contributed by atoms with Gasteiger partial charge in [-0.05, 0) is 61.6 Å². The Morgan fingerprint density at radius 2 is 0.812 bits per heavy atom. The van der Waals surface area contributed by atoms with Crippen molar-refractivity contribution in [3.8, 4) is 0 Å². The third kappa shape index (κ3) is 4.06. The molecule has 0 N–H and O–H groups in total. The molecule has 2 unspecified atom stereocenters. The van der Waals surface area contributed by atoms with E-state index < -0.39 is 0 Å². The third-order valence-corrected chi connectivity index (χ3v) is 4.44. The zero-order valence-electron chi connectivity index (χ0n) is 12.8. The van der Waals surface area contributed by atoms with E-state index in [0.29, 0.717) is 30.1 Å². The largest absolute Gasteiger partial charge is 0.301 e. The lowest BCUT2D eigenvalue weighted by Gasteiger charge is -2.40. The summed E-state index contributed by atoms with van der Waals surface area (Å²) in [5, 5.41) is 0. The Labute approximate surface area is 103 Å². The van der Waals surface area contributed by atoms with Crippen LogP contribution in [0.3, 0.4) is 0 Å². The summed E-state index contributed by atoms with van der Waals surface area (Å²) in [5.41, 5.74) is 0. The van der Waals surface area contributed by atoms with Gasteiger partial charge < -0.3 is 9.80 Å². The third-order valence-electron chi connectivity index (χ3n) is 4.44. The van der Waals surface area contributed by atoms with Gasteiger partial charge in [0.2, 0.25) is 0 Å². The molecule has 0 fully saturated rings. The molecule has 0 amide bonds. The molecule has 16 heavy (non-hydrogen) atoms. The van der Waals surface area contributed by atoms with Crippen LogP contribution in [-0.4, -0.2) is 48.1 Å². The summed E-state index contributed by atoms with van der Waals surface area (Å²) in [4.78, 5) is 4.94. The van der Waals surface area contributed by atoms with Crippen molar-refractivity contribution in [3.05, 3.63) is 0 Å². The van der Waals surface area contributed by atoms with Crippen LogP contribution < -0.4 is 0 Å². The maximum absolute atomic E-state index is 2.47. The highest BCUT2D eigenvalue weighted by atomic mass is 15.2. The molecule has 0 bridgehead atoms. The minimum absolute atomic E-state index is 0.619. The second-order valence-electron chi connectivity index (χ2n) is 5.86. The van der Waals surface area contributed by atoms with Crippen molar-refractivity contribution < 1.29 is 0 Å². The van der Waals surface area contributed by atoms with Crippen LogP contribution in [0.5, 0.6) is 0 Å². The van der Waals surface area contributed by atoms with E-state index in [0.717, 1.165) is 0 Å². The van der Waals surface area contributed by atoms with Gasteiger partial charge in [0.15, 0.2) is 0 Å². The molecule has 0 aromatic heterocycles. The molecule has 2 nitrogen and oxygen atoms in total. The second kappa shape index (κ2) is 6.61. The Hall–Kier alpha value is -0.0800. The zero-order chi connectivity index (χ0) is 13.0. The van der Waals surface area contributed by atoms with Gasteiger partial charge in [0.05, 0.1) is 0 Å². The van der Waals surface area contributed by atoms with E-state index in [1.807, 2.05) is 0 Å². The molecule has 0 heterocycles. The van der Waals surface area contributed by atoms with Gasteiger partial charge in [-0.1, -0.05) is 6.92 Å². The van der Waals surface area contributed by atoms with Crippen LogP contribution in [0.25, 0.3) is 0 Å². The fraction of sp³-hybridized carbons (Fsp3) is 1.00. The van der Waals surface area contributed by atoms with Gasteiger partial charge in [0, 0.05) is 24.2 Å². The van der Waals surface area contributed by atoms with E-state index in [1.165, 1.54) is 0 Å². The summed E-state index contributed by atoms with van der Waals surface area (Å²) in [6.45, 7) is 16.1. The van der Waals surface area contributed by atoms with E-state index in [9.17, 15) is 0 Å². The molecule has 2 heteroatoms. The first-order chi connectivity index (χ1) is 7.20. The summed E-state index contributed by atoms with van der Waals surface area (Å²) >= 11 is 0. The number of nitrogens with zero attached hydrogens (tertiary/aromatic N) is 2. The van der Waals surface area contributed by atoms with Gasteiger partial charge in [-0.3, -0.25) is 0 Å². The normalized spacial score (nSPS) is 18.6. The smallest absolute Gasteiger partial charge is 0.0107 e. The SMILES string of the molecule is CC(C(C)N(C)C(C)C)C(C)N(C)C(C)C. The Bertz CT molecular complexity index is 169. The van der Waals surface area contributed by atoms with Crippen molar-refractivity contribution in [1.29, 1.82) is 0 Å². The van der Waals surface area contributed by atoms with Gasteiger partial charge in [-0.2, -0.15) is 0 Å². The van der Waals surface area contributed by atoms with Gasteiger partial charge in [0.1, 0.15) is 0 Å². The van der Waals surface area contributed by atoms with Crippen molar-refractivity contribution in [2.75, 3.05) is 14.1 Å². The van der Waals surface area contributed by atoms with E-state index >= 15 is 0 Å². The average molecular weight is 228 g/mol. The molecule has 0 rings (SSSR count). The number of rotatable bonds is 6. The molecule has 0 saturated carbocycles. The fourth-order valence-electron chi connectivity index (χ4n) is 2.09. The van der Waals surface area contributed by atoms with E-state index in [1.54, 1.807) is 0 Å². The predicted octanol–water partition coefficient (Wildman–Crippen LogP) is 3.08. The molecular formula is C14H32N2. The van der Waals surface area contributed by atoms with Gasteiger partial charge in [-0.15, -0.1) is 0 Å². The first-order valence-electron chi connectivity index (χ1n) is 6.64. The minimum atomic E-state index is 0.619. The Balaban J connectivity index is 4.48. The van der Waals surface area contributed by atoms with Crippen LogP contribution in [0, 0.1) is 5.92 Å². The molecule has 0 spiro atoms. The molecular weight excluding hydrogens is 196 g/mol. The monoisotopic (exact) mass is 228 g/mol. The van der Waals surface area contributed by atoms with E-state index in [-0.39, 0.29) is 0 Å². The lowest BCUT2D eigenvalue weighted by atomic mass is 9.92. The molecule has 98 valence electrons. The Morgan fingerprint density at radius 3 is 1.00 bits per heavy atom. The highest BCUT2D eigenvalue weighted by Crippen LogP contribution is 2.20. The lowest BCUT2D eigenvalue weighted by molar-refractivity contribution is 0.0846. The van der Waals surface area contributed by atoms with Crippen LogP contribution in [0.2, 0.25) is 0 Å². The maximum atomic E-state index is 2.47. The number of hydrogen-bond donors (Lipinski definition) is 0. The minimum Gasteiger partial charge on any atom is -0.301 e. The number of hydrogen-bond acceptors (Lipinski definition) is 2. The van der Waals surface area contributed by atoms with E-state index in [2.05, 4.69) is 72.4 Å². The lowest BCUT2D eigenvalue weighted by Crippen LogP contribution is -2.48. The molecule has 0 saturated heterocycles. The molecule has 0 aliphatic carbocycles. The first-order valence-corrected chi connectivity index (χ1v) is 6.64. The summed E-state index contributed by atoms with van der Waals surface area (Å²) in [7, 11) is 4.46. The standard InChI is InChI=1S/C14H32N2/c1-10(2)15(8)13(6)12(5)14(7)16(9)11(3)4/h10-14H,1-9H3. The molecule has 0 aromatic rings. The summed E-state index contributed by atoms with van der Waals surface area (Å²) in [6, 6.07) is 2.48. The summed E-state index contributed by atoms with van der Waals surface area (Å²) in [5.74, 6) is 0.680. The topological polar surface area (TPSA) is 6.48 Å². The van der Waals surface area contributed by atoms with Crippen molar-refractivity contribution in [1.82, 2.24) is 9.80 Å². The Kier molecular flexibility index (Phi) is 6.57. The predicted molar refractivity (Wildman–Crippen MR) is 73.9 cm³/mol. The molecule has 0 aromatic carbocycles. The average Bonchev–Trinajstić information content (AvgIpc) is 2.23. The second-order valence-corrected chi connectivity index (χ2v) is 5.86. The van der Waals surface area contributed by atoms with Crippen molar-refractivity contribution in [3.63, 3.8) is 0 Å². The molecule has 0 aliphatic rings. The molecule has 0 radical (unpaired) electrons. The van der Waals surface area contributed by atoms with E-state index in [4.69, 9.17) is 0 Å². The first kappa shape index (κ1) is 15.9. The zero-order valence-corrected chi connectivity index (χ0v) is 12.8. The highest BCUT2D eigenvalue weighted by molar-refractivity contribution is 4.81. The summed E-state index contributed by atoms with van der Waals surface area (Å²) in [6.07, 6.45) is 0. The summed E-state index contributed by atoms with van der Waals surface area (Å²) < 4.78 is 0. The van der Waals surface area contributed by atoms with Crippen molar-refractivity contribution in [2.24, 2.45) is 5.92 Å². The van der Waals surface area contributed by atoms with Crippen LogP contribution in [0.4, 0.5) is 0 Å². The van der Waals surface area contributed by atoms with Gasteiger partial charge in [0.25, 0.3) is 0 Å². The fourth-order valence-corrected chi connectivity index (χ4v) is 2.09. The molecule has 2 atom stereocenters. The van der Waals surface area contributed by atoms with Crippen LogP contribution in [0.1, 0.15) is 48.5 Å².